The van der Waals surface area contributed by atoms with Crippen molar-refractivity contribution in [1.29, 1.82) is 0 Å². The molecule has 0 bridgehead atoms. The summed E-state index contributed by atoms with van der Waals surface area (Å²) in [4.78, 5) is 0. The van der Waals surface area contributed by atoms with Gasteiger partial charge in [-0.2, -0.15) is 0 Å². The second-order valence-corrected chi connectivity index (χ2v) is 6.19. The Kier molecular flexibility index (Phi) is 6.61. The van der Waals surface area contributed by atoms with Gasteiger partial charge in [-0.05, 0) is 29.8 Å². The summed E-state index contributed by atoms with van der Waals surface area (Å²) in [5.41, 5.74) is 2.82. The van der Waals surface area contributed by atoms with Crippen molar-refractivity contribution in [2.24, 2.45) is 0 Å². The normalized spacial score (nSPS) is 12.6. The fraction of sp³-hybridized carbons (Fsp3) is 0.174. The molecule has 4 heteroatoms. The van der Waals surface area contributed by atoms with Crippen LogP contribution in [0.1, 0.15) is 22.7 Å². The Labute approximate surface area is 159 Å². The first-order valence-corrected chi connectivity index (χ1v) is 8.87. The molecule has 0 aromatic heterocycles. The highest BCUT2D eigenvalue weighted by Crippen LogP contribution is 2.18. The zero-order valence-electron chi connectivity index (χ0n) is 15.3. The lowest BCUT2D eigenvalue weighted by atomic mass is 10.1. The van der Waals surface area contributed by atoms with Crippen LogP contribution in [0, 0.1) is 5.21 Å². The summed E-state index contributed by atoms with van der Waals surface area (Å²) >= 11 is 0. The lowest BCUT2D eigenvalue weighted by Gasteiger charge is -2.18. The zero-order valence-corrected chi connectivity index (χ0v) is 15.3. The average molecular weight is 361 g/mol. The van der Waals surface area contributed by atoms with E-state index in [9.17, 15) is 5.21 Å². The van der Waals surface area contributed by atoms with Crippen molar-refractivity contribution in [2.45, 2.75) is 12.6 Å². The zero-order chi connectivity index (χ0) is 18.9. The highest BCUT2D eigenvalue weighted by atomic mass is 16.5. The Morgan fingerprint density at radius 2 is 1.52 bits per heavy atom. The summed E-state index contributed by atoms with van der Waals surface area (Å²) in [5, 5.41) is 12.9. The Bertz CT molecular complexity index is 846. The monoisotopic (exact) mass is 361 g/mol. The van der Waals surface area contributed by atoms with Gasteiger partial charge < -0.3 is 14.7 Å². The number of hydrogen-bond donors (Lipinski definition) is 0. The summed E-state index contributed by atoms with van der Waals surface area (Å²) in [7, 11) is 1.62. The van der Waals surface area contributed by atoms with Crippen molar-refractivity contribution in [3.05, 3.63) is 107 Å². The van der Waals surface area contributed by atoms with Crippen LogP contribution < -0.4 is 4.74 Å². The van der Waals surface area contributed by atoms with Crippen molar-refractivity contribution >= 4 is 6.21 Å². The Balaban J connectivity index is 1.75. The summed E-state index contributed by atoms with van der Waals surface area (Å²) in [6.45, 7) is 0.773. The number of hydroxylamine groups is 1. The number of nitrogens with zero attached hydrogens (tertiary/aromatic N) is 1. The van der Waals surface area contributed by atoms with Crippen LogP contribution in [-0.2, 0) is 11.3 Å². The van der Waals surface area contributed by atoms with Crippen molar-refractivity contribution in [1.82, 2.24) is 0 Å². The molecule has 138 valence electrons. The van der Waals surface area contributed by atoms with E-state index < -0.39 is 6.04 Å². The minimum Gasteiger partial charge on any atom is -0.623 e. The molecular weight excluding hydrogens is 338 g/mol. The quantitative estimate of drug-likeness (QED) is 0.255. The van der Waals surface area contributed by atoms with Gasteiger partial charge in [0.05, 0.1) is 13.7 Å². The molecule has 0 heterocycles. The van der Waals surface area contributed by atoms with E-state index in [1.807, 2.05) is 84.9 Å². The van der Waals surface area contributed by atoms with Crippen LogP contribution in [0.15, 0.2) is 84.9 Å². The second kappa shape index (κ2) is 9.55. The maximum absolute atomic E-state index is 12.9. The molecule has 0 N–H and O–H groups in total. The van der Waals surface area contributed by atoms with E-state index in [-0.39, 0.29) is 0 Å². The lowest BCUT2D eigenvalue weighted by molar-refractivity contribution is -0.508. The highest BCUT2D eigenvalue weighted by Gasteiger charge is 2.19. The van der Waals surface area contributed by atoms with Crippen LogP contribution in [0.4, 0.5) is 0 Å². The van der Waals surface area contributed by atoms with Gasteiger partial charge >= 0.3 is 0 Å². The van der Waals surface area contributed by atoms with E-state index in [4.69, 9.17) is 9.47 Å². The molecule has 3 aromatic rings. The largest absolute Gasteiger partial charge is 0.623 e. The molecule has 0 aliphatic heterocycles. The van der Waals surface area contributed by atoms with Gasteiger partial charge in [0.2, 0.25) is 6.04 Å². The first-order valence-electron chi connectivity index (χ1n) is 8.87. The fourth-order valence-corrected chi connectivity index (χ4v) is 2.78. The van der Waals surface area contributed by atoms with Crippen molar-refractivity contribution < 1.29 is 14.2 Å². The predicted molar refractivity (Wildman–Crippen MR) is 107 cm³/mol. The van der Waals surface area contributed by atoms with Crippen LogP contribution in [0.25, 0.3) is 0 Å². The summed E-state index contributed by atoms with van der Waals surface area (Å²) in [5.74, 6) is 0.760. The van der Waals surface area contributed by atoms with Gasteiger partial charge in [-0.25, -0.2) is 4.74 Å². The molecule has 0 saturated heterocycles. The molecule has 0 radical (unpaired) electrons. The topological polar surface area (TPSA) is 44.5 Å². The van der Waals surface area contributed by atoms with E-state index in [1.165, 1.54) is 0 Å². The SMILES string of the molecule is COc1ccc(/C=[N+](\[O-])[C@H](COCc2ccccc2)c2ccccc2)cc1. The molecule has 0 aliphatic rings. The minimum absolute atomic E-state index is 0.301. The number of methoxy groups -OCH3 is 1. The summed E-state index contributed by atoms with van der Waals surface area (Å²) < 4.78 is 12.0. The van der Waals surface area contributed by atoms with Gasteiger partial charge in [0.15, 0.2) is 6.21 Å². The van der Waals surface area contributed by atoms with Gasteiger partial charge in [0.1, 0.15) is 12.4 Å². The van der Waals surface area contributed by atoms with Crippen molar-refractivity contribution in [3.8, 4) is 5.75 Å². The van der Waals surface area contributed by atoms with Crippen LogP contribution in [-0.4, -0.2) is 24.7 Å². The van der Waals surface area contributed by atoms with Gasteiger partial charge in [0.25, 0.3) is 0 Å². The molecule has 0 unspecified atom stereocenters. The lowest BCUT2D eigenvalue weighted by Crippen LogP contribution is -2.20. The molecule has 0 amide bonds. The second-order valence-electron chi connectivity index (χ2n) is 6.19. The third kappa shape index (κ3) is 5.43. The molecule has 27 heavy (non-hydrogen) atoms. The first kappa shape index (κ1) is 18.7. The number of rotatable bonds is 8. The molecular formula is C23H23NO3. The molecule has 0 spiro atoms. The Hall–Kier alpha value is -3.11. The maximum Gasteiger partial charge on any atom is 0.211 e. The molecule has 0 fully saturated rings. The third-order valence-electron chi connectivity index (χ3n) is 4.27. The van der Waals surface area contributed by atoms with E-state index in [0.717, 1.165) is 27.2 Å². The molecule has 3 aromatic carbocycles. The molecule has 1 atom stereocenters. The van der Waals surface area contributed by atoms with Crippen LogP contribution >= 0.6 is 0 Å². The van der Waals surface area contributed by atoms with E-state index >= 15 is 0 Å². The van der Waals surface area contributed by atoms with Crippen LogP contribution in [0.2, 0.25) is 0 Å². The average Bonchev–Trinajstić information content (AvgIpc) is 2.73. The fourth-order valence-electron chi connectivity index (χ4n) is 2.78. The molecule has 4 nitrogen and oxygen atoms in total. The Morgan fingerprint density at radius 3 is 2.15 bits per heavy atom. The van der Waals surface area contributed by atoms with Gasteiger partial charge in [-0.1, -0.05) is 60.7 Å². The Morgan fingerprint density at radius 1 is 0.889 bits per heavy atom. The van der Waals surface area contributed by atoms with Gasteiger partial charge in [0, 0.05) is 11.1 Å². The predicted octanol–water partition coefficient (Wildman–Crippen LogP) is 4.58. The van der Waals surface area contributed by atoms with Gasteiger partial charge in [-0.15, -0.1) is 0 Å². The maximum atomic E-state index is 12.9. The van der Waals surface area contributed by atoms with Crippen LogP contribution in [0.5, 0.6) is 5.75 Å². The smallest absolute Gasteiger partial charge is 0.211 e. The number of benzene rings is 3. The van der Waals surface area contributed by atoms with E-state index in [2.05, 4.69) is 0 Å². The van der Waals surface area contributed by atoms with Crippen molar-refractivity contribution in [2.75, 3.05) is 13.7 Å². The van der Waals surface area contributed by atoms with E-state index in [0.29, 0.717) is 13.2 Å². The minimum atomic E-state index is -0.419. The molecule has 0 aliphatic carbocycles. The van der Waals surface area contributed by atoms with Crippen molar-refractivity contribution in [3.63, 3.8) is 0 Å². The summed E-state index contributed by atoms with van der Waals surface area (Å²) in [6.07, 6.45) is 1.59. The molecule has 0 saturated carbocycles. The van der Waals surface area contributed by atoms with Crippen LogP contribution in [0.3, 0.4) is 0 Å². The van der Waals surface area contributed by atoms with Gasteiger partial charge in [-0.3, -0.25) is 0 Å². The first-order chi connectivity index (χ1) is 13.3. The summed E-state index contributed by atoms with van der Waals surface area (Å²) in [6, 6.07) is 26.6. The number of hydrogen-bond acceptors (Lipinski definition) is 3. The molecule has 3 rings (SSSR count). The van der Waals surface area contributed by atoms with E-state index in [1.54, 1.807) is 13.3 Å². The third-order valence-corrected chi connectivity index (χ3v) is 4.27. The highest BCUT2D eigenvalue weighted by molar-refractivity contribution is 5.76. The standard InChI is InChI=1S/C23H23NO3/c1-26-22-14-12-19(13-15-22)16-24(25)23(21-10-6-3-7-11-21)18-27-17-20-8-4-2-5-9-20/h2-16,23H,17-18H2,1H3/b24-16-/t23-/m1/s1. The number of ether oxygens (including phenoxy) is 2.